The third-order valence-electron chi connectivity index (χ3n) is 2.62. The minimum absolute atomic E-state index is 0.310. The van der Waals surface area contributed by atoms with E-state index in [1.807, 2.05) is 24.3 Å². The Morgan fingerprint density at radius 2 is 1.93 bits per heavy atom. The molecule has 0 saturated heterocycles. The average Bonchev–Trinajstić information content (AvgIpc) is 2.19. The van der Waals surface area contributed by atoms with Crippen LogP contribution in [0, 0.1) is 0 Å². The summed E-state index contributed by atoms with van der Waals surface area (Å²) in [6, 6.07) is 7.63. The van der Waals surface area contributed by atoms with Crippen molar-refractivity contribution in [2.45, 2.75) is 25.0 Å². The summed E-state index contributed by atoms with van der Waals surface area (Å²) in [5.74, 6) is 0. The molecule has 0 aromatic heterocycles. The maximum absolute atomic E-state index is 9.68. The van der Waals surface area contributed by atoms with Gasteiger partial charge in [0.1, 0.15) is 0 Å². The van der Waals surface area contributed by atoms with Gasteiger partial charge in [-0.15, -0.1) is 0 Å². The fourth-order valence-corrected chi connectivity index (χ4v) is 1.86. The molecule has 0 unspecified atom stereocenters. The zero-order chi connectivity index (χ0) is 9.97. The normalized spacial score (nSPS) is 24.9. The van der Waals surface area contributed by atoms with E-state index < -0.39 is 6.10 Å². The van der Waals surface area contributed by atoms with Gasteiger partial charge in [-0.25, -0.2) is 0 Å². The molecule has 4 heteroatoms. The van der Waals surface area contributed by atoms with Crippen LogP contribution >= 0.6 is 0 Å². The number of hydrogen-bond donors (Lipinski definition) is 1. The van der Waals surface area contributed by atoms with Crippen LogP contribution < -0.4 is 0 Å². The Hall–Kier alpha value is -1.51. The predicted molar refractivity (Wildman–Crippen MR) is 52.8 cm³/mol. The molecule has 0 aliphatic heterocycles. The quantitative estimate of drug-likeness (QED) is 0.408. The molecule has 4 nitrogen and oxygen atoms in total. The molecule has 1 aliphatic carbocycles. The van der Waals surface area contributed by atoms with Crippen LogP contribution in [0.3, 0.4) is 0 Å². The van der Waals surface area contributed by atoms with Crippen LogP contribution in [0.5, 0.6) is 0 Å². The van der Waals surface area contributed by atoms with Crippen LogP contribution in [-0.2, 0) is 12.8 Å². The van der Waals surface area contributed by atoms with Gasteiger partial charge in [0.15, 0.2) is 0 Å². The second kappa shape index (κ2) is 3.70. The molecule has 1 aromatic rings. The molecule has 2 rings (SSSR count). The van der Waals surface area contributed by atoms with E-state index in [9.17, 15) is 5.11 Å². The average molecular weight is 189 g/mol. The van der Waals surface area contributed by atoms with Gasteiger partial charge in [0, 0.05) is 4.91 Å². The maximum Gasteiger partial charge on any atom is 0.0677 e. The Balaban J connectivity index is 2.30. The SMILES string of the molecule is [N-]=[N+]=N[C@@H]1Cc2ccccc2C[C@H]1O. The summed E-state index contributed by atoms with van der Waals surface area (Å²) in [7, 11) is 0. The van der Waals surface area contributed by atoms with Crippen molar-refractivity contribution in [2.75, 3.05) is 0 Å². The van der Waals surface area contributed by atoms with Crippen LogP contribution in [0.15, 0.2) is 29.4 Å². The fourth-order valence-electron chi connectivity index (χ4n) is 1.86. The van der Waals surface area contributed by atoms with E-state index in [1.165, 1.54) is 5.56 Å². The summed E-state index contributed by atoms with van der Waals surface area (Å²) >= 11 is 0. The lowest BCUT2D eigenvalue weighted by Crippen LogP contribution is -2.32. The first-order valence-corrected chi connectivity index (χ1v) is 4.60. The summed E-state index contributed by atoms with van der Waals surface area (Å²) in [5, 5.41) is 13.3. The number of nitrogens with zero attached hydrogens (tertiary/aromatic N) is 3. The molecule has 1 aliphatic rings. The van der Waals surface area contributed by atoms with Gasteiger partial charge in [-0.05, 0) is 29.5 Å². The molecule has 14 heavy (non-hydrogen) atoms. The van der Waals surface area contributed by atoms with E-state index in [-0.39, 0.29) is 6.04 Å². The lowest BCUT2D eigenvalue weighted by Gasteiger charge is -2.26. The topological polar surface area (TPSA) is 69.0 Å². The third kappa shape index (κ3) is 1.58. The number of fused-ring (bicyclic) bond motifs is 1. The van der Waals surface area contributed by atoms with Crippen LogP contribution in [-0.4, -0.2) is 17.3 Å². The van der Waals surface area contributed by atoms with E-state index in [2.05, 4.69) is 10.0 Å². The highest BCUT2D eigenvalue weighted by atomic mass is 16.3. The highest BCUT2D eigenvalue weighted by Crippen LogP contribution is 2.23. The van der Waals surface area contributed by atoms with Crippen molar-refractivity contribution in [3.05, 3.63) is 45.8 Å². The number of benzene rings is 1. The molecule has 2 atom stereocenters. The van der Waals surface area contributed by atoms with Crippen molar-refractivity contribution in [1.82, 2.24) is 0 Å². The zero-order valence-electron chi connectivity index (χ0n) is 7.67. The van der Waals surface area contributed by atoms with E-state index in [4.69, 9.17) is 5.53 Å². The van der Waals surface area contributed by atoms with Crippen molar-refractivity contribution in [1.29, 1.82) is 0 Å². The van der Waals surface area contributed by atoms with Crippen LogP contribution in [0.25, 0.3) is 10.4 Å². The number of hydrogen-bond acceptors (Lipinski definition) is 2. The van der Waals surface area contributed by atoms with E-state index >= 15 is 0 Å². The molecule has 0 spiro atoms. The van der Waals surface area contributed by atoms with Crippen molar-refractivity contribution in [2.24, 2.45) is 5.11 Å². The first kappa shape index (κ1) is 9.06. The Kier molecular flexibility index (Phi) is 2.39. The molecule has 0 saturated carbocycles. The highest BCUT2D eigenvalue weighted by Gasteiger charge is 2.25. The van der Waals surface area contributed by atoms with Gasteiger partial charge in [0.05, 0.1) is 12.1 Å². The van der Waals surface area contributed by atoms with E-state index in [0.29, 0.717) is 12.8 Å². The van der Waals surface area contributed by atoms with Crippen molar-refractivity contribution >= 4 is 0 Å². The number of aliphatic hydroxyl groups excluding tert-OH is 1. The minimum Gasteiger partial charge on any atom is -0.392 e. The predicted octanol–water partition coefficient (Wildman–Crippen LogP) is 1.82. The summed E-state index contributed by atoms with van der Waals surface area (Å²) in [6.45, 7) is 0. The van der Waals surface area contributed by atoms with Crippen LogP contribution in [0.1, 0.15) is 11.1 Å². The number of aliphatic hydroxyl groups is 1. The van der Waals surface area contributed by atoms with Gasteiger partial charge in [0.2, 0.25) is 0 Å². The van der Waals surface area contributed by atoms with Crippen molar-refractivity contribution in [3.63, 3.8) is 0 Å². The van der Waals surface area contributed by atoms with E-state index in [0.717, 1.165) is 5.56 Å². The van der Waals surface area contributed by atoms with Gasteiger partial charge < -0.3 is 5.11 Å². The first-order valence-electron chi connectivity index (χ1n) is 4.60. The molecule has 1 N–H and O–H groups in total. The van der Waals surface area contributed by atoms with Gasteiger partial charge in [-0.3, -0.25) is 0 Å². The largest absolute Gasteiger partial charge is 0.392 e. The Morgan fingerprint density at radius 1 is 1.29 bits per heavy atom. The maximum atomic E-state index is 9.68. The second-order valence-electron chi connectivity index (χ2n) is 3.52. The second-order valence-corrected chi connectivity index (χ2v) is 3.52. The van der Waals surface area contributed by atoms with Gasteiger partial charge in [-0.1, -0.05) is 29.4 Å². The third-order valence-corrected chi connectivity index (χ3v) is 2.62. The molecule has 0 bridgehead atoms. The summed E-state index contributed by atoms with van der Waals surface area (Å²) < 4.78 is 0. The van der Waals surface area contributed by atoms with Crippen molar-refractivity contribution in [3.8, 4) is 0 Å². The Bertz CT molecular complexity index is 385. The molecular formula is C10H11N3O. The smallest absolute Gasteiger partial charge is 0.0677 e. The lowest BCUT2D eigenvalue weighted by atomic mass is 9.87. The molecule has 0 fully saturated rings. The summed E-state index contributed by atoms with van der Waals surface area (Å²) in [6.07, 6.45) is 0.683. The molecule has 0 amide bonds. The van der Waals surface area contributed by atoms with Crippen LogP contribution in [0.2, 0.25) is 0 Å². The van der Waals surface area contributed by atoms with E-state index in [1.54, 1.807) is 0 Å². The number of azide groups is 1. The monoisotopic (exact) mass is 189 g/mol. The molecular weight excluding hydrogens is 178 g/mol. The fraction of sp³-hybridized carbons (Fsp3) is 0.400. The molecule has 1 aromatic carbocycles. The van der Waals surface area contributed by atoms with Gasteiger partial charge >= 0.3 is 0 Å². The molecule has 0 radical (unpaired) electrons. The summed E-state index contributed by atoms with van der Waals surface area (Å²) in [4.78, 5) is 2.75. The zero-order valence-corrected chi connectivity index (χ0v) is 7.67. The highest BCUT2D eigenvalue weighted by molar-refractivity contribution is 5.31. The Labute approximate surface area is 81.8 Å². The summed E-state index contributed by atoms with van der Waals surface area (Å²) in [5.41, 5.74) is 10.7. The lowest BCUT2D eigenvalue weighted by molar-refractivity contribution is 0.137. The minimum atomic E-state index is -0.541. The molecule has 72 valence electrons. The first-order chi connectivity index (χ1) is 6.81. The number of rotatable bonds is 1. The van der Waals surface area contributed by atoms with Crippen molar-refractivity contribution < 1.29 is 5.11 Å². The Morgan fingerprint density at radius 3 is 2.57 bits per heavy atom. The van der Waals surface area contributed by atoms with Crippen LogP contribution in [0.4, 0.5) is 0 Å². The van der Waals surface area contributed by atoms with Gasteiger partial charge in [-0.2, -0.15) is 0 Å². The van der Waals surface area contributed by atoms with Gasteiger partial charge in [0.25, 0.3) is 0 Å². The molecule has 0 heterocycles. The standard InChI is InChI=1S/C10H11N3O/c11-13-12-9-5-7-3-1-2-4-8(7)6-10(9)14/h1-4,9-10,14H,5-6H2/t9-,10-/m1/s1.